The van der Waals surface area contributed by atoms with Crippen molar-refractivity contribution in [1.82, 2.24) is 15.6 Å². The first-order chi connectivity index (χ1) is 14.1. The zero-order chi connectivity index (χ0) is 20.9. The fourth-order valence-electron chi connectivity index (χ4n) is 2.90. The van der Waals surface area contributed by atoms with Crippen LogP contribution < -0.4 is 16.4 Å². The number of carbonyl (C=O) groups excluding carboxylic acids is 2. The number of hydrogen-bond donors (Lipinski definition) is 3. The number of pyridine rings is 1. The number of benzene rings is 1. The summed E-state index contributed by atoms with van der Waals surface area (Å²) in [4.78, 5) is 28.7. The first-order valence-electron chi connectivity index (χ1n) is 9.86. The van der Waals surface area contributed by atoms with E-state index in [0.717, 1.165) is 17.0 Å². The first-order valence-corrected chi connectivity index (χ1v) is 11.3. The highest BCUT2D eigenvalue weighted by molar-refractivity contribution is 7.98. The second kappa shape index (κ2) is 13.0. The van der Waals surface area contributed by atoms with Gasteiger partial charge in [-0.2, -0.15) is 11.8 Å². The number of rotatable bonds is 12. The number of carbonyl (C=O) groups is 2. The molecule has 4 N–H and O–H groups in total. The van der Waals surface area contributed by atoms with Crippen LogP contribution in [0.15, 0.2) is 54.7 Å². The average Bonchev–Trinajstić information content (AvgIpc) is 2.75. The maximum Gasteiger partial charge on any atom is 0.236 e. The first kappa shape index (κ1) is 22.9. The molecule has 2 atom stereocenters. The maximum absolute atomic E-state index is 12.5. The summed E-state index contributed by atoms with van der Waals surface area (Å²) < 4.78 is 0. The highest BCUT2D eigenvalue weighted by Crippen LogP contribution is 2.17. The van der Waals surface area contributed by atoms with Crippen LogP contribution in [0.2, 0.25) is 0 Å². The Hall–Kier alpha value is -2.38. The molecule has 7 heteroatoms. The molecule has 0 aliphatic heterocycles. The predicted octanol–water partition coefficient (Wildman–Crippen LogP) is 2.46. The fraction of sp³-hybridized carbons (Fsp3) is 0.409. The molecule has 0 bridgehead atoms. The second-order valence-corrected chi connectivity index (χ2v) is 7.82. The molecule has 156 valence electrons. The van der Waals surface area contributed by atoms with Crippen LogP contribution >= 0.6 is 11.8 Å². The summed E-state index contributed by atoms with van der Waals surface area (Å²) in [7, 11) is 0. The van der Waals surface area contributed by atoms with E-state index in [4.69, 9.17) is 5.73 Å². The summed E-state index contributed by atoms with van der Waals surface area (Å²) in [6, 6.07) is 15.0. The van der Waals surface area contributed by atoms with Crippen molar-refractivity contribution in [3.05, 3.63) is 66.0 Å². The van der Waals surface area contributed by atoms with Gasteiger partial charge in [-0.3, -0.25) is 14.6 Å². The number of hydrogen-bond acceptors (Lipinski definition) is 5. The summed E-state index contributed by atoms with van der Waals surface area (Å²) in [5.74, 6) is 0.654. The zero-order valence-corrected chi connectivity index (χ0v) is 17.7. The summed E-state index contributed by atoms with van der Waals surface area (Å²) in [5.41, 5.74) is 7.80. The van der Waals surface area contributed by atoms with Gasteiger partial charge in [-0.15, -0.1) is 0 Å². The van der Waals surface area contributed by atoms with E-state index in [9.17, 15) is 9.59 Å². The van der Waals surface area contributed by atoms with Crippen LogP contribution in [0.1, 0.15) is 36.6 Å². The summed E-state index contributed by atoms with van der Waals surface area (Å²) in [6.07, 6.45) is 5.92. The minimum atomic E-state index is -0.489. The molecule has 0 aliphatic rings. The Labute approximate surface area is 177 Å². The molecular formula is C22H30N4O2S. The topological polar surface area (TPSA) is 97.1 Å². The minimum absolute atomic E-state index is 0.0456. The summed E-state index contributed by atoms with van der Waals surface area (Å²) >= 11 is 1.67. The maximum atomic E-state index is 12.5. The Morgan fingerprint density at radius 3 is 2.59 bits per heavy atom. The van der Waals surface area contributed by atoms with E-state index in [1.807, 2.05) is 54.8 Å². The average molecular weight is 415 g/mol. The van der Waals surface area contributed by atoms with Crippen LogP contribution in [0.3, 0.4) is 0 Å². The third-order valence-electron chi connectivity index (χ3n) is 4.53. The van der Waals surface area contributed by atoms with E-state index in [-0.39, 0.29) is 17.9 Å². The standard InChI is InChI=1S/C22H30N4O2S/c1-29-15-12-19(23)22(28)25-14-7-11-21(27)26-20(17-8-3-2-4-9-17)16-18-10-5-6-13-24-18/h2-6,8-10,13,19-20H,7,11-12,14-16,23H2,1H3,(H,25,28)(H,26,27). The number of amides is 2. The van der Waals surface area contributed by atoms with Crippen LogP contribution in [0.5, 0.6) is 0 Å². The van der Waals surface area contributed by atoms with Gasteiger partial charge < -0.3 is 16.4 Å². The molecule has 2 rings (SSSR count). The van der Waals surface area contributed by atoms with Gasteiger partial charge in [-0.1, -0.05) is 36.4 Å². The van der Waals surface area contributed by atoms with Crippen molar-refractivity contribution in [3.8, 4) is 0 Å². The van der Waals surface area contributed by atoms with E-state index in [0.29, 0.717) is 32.2 Å². The minimum Gasteiger partial charge on any atom is -0.355 e. The lowest BCUT2D eigenvalue weighted by atomic mass is 10.0. The van der Waals surface area contributed by atoms with E-state index >= 15 is 0 Å². The van der Waals surface area contributed by atoms with Crippen molar-refractivity contribution in [1.29, 1.82) is 0 Å². The van der Waals surface area contributed by atoms with Gasteiger partial charge in [0.25, 0.3) is 0 Å². The Kier molecular flexibility index (Phi) is 10.2. The van der Waals surface area contributed by atoms with Crippen LogP contribution in [0, 0.1) is 0 Å². The fourth-order valence-corrected chi connectivity index (χ4v) is 3.39. The van der Waals surface area contributed by atoms with E-state index in [1.54, 1.807) is 18.0 Å². The molecule has 2 amide bonds. The molecule has 1 heterocycles. The van der Waals surface area contributed by atoms with Gasteiger partial charge in [-0.25, -0.2) is 0 Å². The highest BCUT2D eigenvalue weighted by atomic mass is 32.2. The van der Waals surface area contributed by atoms with Gasteiger partial charge in [0.1, 0.15) is 0 Å². The molecule has 1 aromatic carbocycles. The van der Waals surface area contributed by atoms with Crippen molar-refractivity contribution in [2.45, 2.75) is 37.8 Å². The van der Waals surface area contributed by atoms with Crippen molar-refractivity contribution >= 4 is 23.6 Å². The second-order valence-electron chi connectivity index (χ2n) is 6.84. The molecule has 0 radical (unpaired) electrons. The molecule has 1 aromatic heterocycles. The normalized spacial score (nSPS) is 12.8. The highest BCUT2D eigenvalue weighted by Gasteiger charge is 2.16. The van der Waals surface area contributed by atoms with E-state index in [2.05, 4.69) is 15.6 Å². The van der Waals surface area contributed by atoms with Crippen LogP contribution in [-0.4, -0.2) is 41.4 Å². The molecule has 0 saturated carbocycles. The number of aromatic nitrogens is 1. The molecule has 0 aliphatic carbocycles. The Bertz CT molecular complexity index is 743. The summed E-state index contributed by atoms with van der Waals surface area (Å²) in [5, 5.41) is 5.91. The molecule has 0 fully saturated rings. The summed E-state index contributed by atoms with van der Waals surface area (Å²) in [6.45, 7) is 0.440. The van der Waals surface area contributed by atoms with Gasteiger partial charge in [0.05, 0.1) is 12.1 Å². The Balaban J connectivity index is 1.81. The Morgan fingerprint density at radius 2 is 1.90 bits per heavy atom. The molecular weight excluding hydrogens is 384 g/mol. The number of nitrogens with one attached hydrogen (secondary N) is 2. The molecule has 0 spiro atoms. The van der Waals surface area contributed by atoms with Gasteiger partial charge in [0.2, 0.25) is 11.8 Å². The van der Waals surface area contributed by atoms with Crippen LogP contribution in [0.4, 0.5) is 0 Å². The van der Waals surface area contributed by atoms with Crippen molar-refractivity contribution in [3.63, 3.8) is 0 Å². The number of thioether (sulfide) groups is 1. The molecule has 6 nitrogen and oxygen atoms in total. The van der Waals surface area contributed by atoms with Crippen molar-refractivity contribution in [2.24, 2.45) is 5.73 Å². The predicted molar refractivity (Wildman–Crippen MR) is 118 cm³/mol. The lowest BCUT2D eigenvalue weighted by Crippen LogP contribution is -2.41. The largest absolute Gasteiger partial charge is 0.355 e. The third kappa shape index (κ3) is 8.66. The lowest BCUT2D eigenvalue weighted by Gasteiger charge is -2.19. The monoisotopic (exact) mass is 414 g/mol. The quantitative estimate of drug-likeness (QED) is 0.464. The van der Waals surface area contributed by atoms with Gasteiger partial charge in [0.15, 0.2) is 0 Å². The SMILES string of the molecule is CSCCC(N)C(=O)NCCCC(=O)NC(Cc1ccccn1)c1ccccc1. The van der Waals surface area contributed by atoms with Crippen LogP contribution in [0.25, 0.3) is 0 Å². The van der Waals surface area contributed by atoms with Gasteiger partial charge >= 0.3 is 0 Å². The van der Waals surface area contributed by atoms with Gasteiger partial charge in [0, 0.05) is 31.3 Å². The number of nitrogens with zero attached hydrogens (tertiary/aromatic N) is 1. The molecule has 0 saturated heterocycles. The van der Waals surface area contributed by atoms with E-state index in [1.165, 1.54) is 0 Å². The number of nitrogens with two attached hydrogens (primary N) is 1. The molecule has 29 heavy (non-hydrogen) atoms. The van der Waals surface area contributed by atoms with E-state index < -0.39 is 6.04 Å². The zero-order valence-electron chi connectivity index (χ0n) is 16.8. The smallest absolute Gasteiger partial charge is 0.236 e. The lowest BCUT2D eigenvalue weighted by molar-refractivity contribution is -0.124. The van der Waals surface area contributed by atoms with Gasteiger partial charge in [-0.05, 0) is 42.5 Å². The van der Waals surface area contributed by atoms with Crippen molar-refractivity contribution in [2.75, 3.05) is 18.6 Å². The molecule has 2 unspecified atom stereocenters. The molecule has 2 aromatic rings. The Morgan fingerprint density at radius 1 is 1.14 bits per heavy atom. The van der Waals surface area contributed by atoms with Crippen molar-refractivity contribution < 1.29 is 9.59 Å². The van der Waals surface area contributed by atoms with Crippen LogP contribution in [-0.2, 0) is 16.0 Å². The third-order valence-corrected chi connectivity index (χ3v) is 5.17.